The summed E-state index contributed by atoms with van der Waals surface area (Å²) >= 11 is 0. The number of halogens is 4. The van der Waals surface area contributed by atoms with Gasteiger partial charge in [0.15, 0.2) is 11.6 Å². The van der Waals surface area contributed by atoms with E-state index in [1.807, 2.05) is 14.0 Å². The fourth-order valence-electron chi connectivity index (χ4n) is 2.96. The quantitative estimate of drug-likeness (QED) is 0.169. The first-order chi connectivity index (χ1) is 14.9. The van der Waals surface area contributed by atoms with Crippen molar-refractivity contribution >= 4 is 46.8 Å². The molecule has 12 heteroatoms. The van der Waals surface area contributed by atoms with Crippen LogP contribution in [0.3, 0.4) is 0 Å². The van der Waals surface area contributed by atoms with E-state index in [1.54, 1.807) is 10.9 Å². The number of guanidine groups is 1. The minimum Gasteiger partial charge on any atom is -0.368 e. The summed E-state index contributed by atoms with van der Waals surface area (Å²) < 4.78 is 39.6. The van der Waals surface area contributed by atoms with Crippen molar-refractivity contribution in [3.63, 3.8) is 0 Å². The molecule has 0 amide bonds. The van der Waals surface area contributed by atoms with Gasteiger partial charge in [0.05, 0.1) is 17.1 Å². The number of nitrogens with zero attached hydrogens (tertiary/aromatic N) is 5. The Labute approximate surface area is 201 Å². The summed E-state index contributed by atoms with van der Waals surface area (Å²) in [4.78, 5) is 12.9. The highest BCUT2D eigenvalue weighted by Gasteiger charge is 2.29. The van der Waals surface area contributed by atoms with Crippen LogP contribution in [-0.2, 0) is 19.6 Å². The van der Waals surface area contributed by atoms with E-state index < -0.39 is 11.7 Å². The van der Waals surface area contributed by atoms with Gasteiger partial charge in [0.2, 0.25) is 0 Å². The molecule has 0 fully saturated rings. The molecule has 3 aromatic rings. The van der Waals surface area contributed by atoms with Gasteiger partial charge in [-0.1, -0.05) is 12.1 Å². The molecule has 0 saturated heterocycles. The number of aromatic nitrogens is 4. The topological polar surface area (TPSA) is 92.1 Å². The third kappa shape index (κ3) is 6.93. The molecule has 8 nitrogen and oxygen atoms in total. The number of aryl methyl sites for hydroxylation is 1. The lowest BCUT2D eigenvalue weighted by atomic mass is 10.1. The van der Waals surface area contributed by atoms with Gasteiger partial charge >= 0.3 is 6.18 Å². The molecule has 32 heavy (non-hydrogen) atoms. The smallest absolute Gasteiger partial charge is 0.368 e. The minimum absolute atomic E-state index is 0. The van der Waals surface area contributed by atoms with Crippen LogP contribution in [0.5, 0.6) is 0 Å². The second-order valence-electron chi connectivity index (χ2n) is 6.79. The van der Waals surface area contributed by atoms with Gasteiger partial charge in [0.1, 0.15) is 12.1 Å². The van der Waals surface area contributed by atoms with Crippen LogP contribution in [0.15, 0.2) is 41.8 Å². The molecule has 0 saturated carbocycles. The number of fused-ring (bicyclic) bond motifs is 1. The highest BCUT2D eigenvalue weighted by Crippen LogP contribution is 2.29. The second-order valence-corrected chi connectivity index (χ2v) is 6.79. The van der Waals surface area contributed by atoms with Crippen LogP contribution < -0.4 is 16.0 Å². The Morgan fingerprint density at radius 3 is 2.53 bits per heavy atom. The Balaban J connectivity index is 0.00000363. The molecule has 3 N–H and O–H groups in total. The average Bonchev–Trinajstić information content (AvgIpc) is 3.12. The molecule has 1 aromatic carbocycles. The summed E-state index contributed by atoms with van der Waals surface area (Å²) in [6.07, 6.45) is -0.557. The fourth-order valence-corrected chi connectivity index (χ4v) is 2.96. The Kier molecular flexibility index (Phi) is 9.47. The molecule has 0 unspecified atom stereocenters. The minimum atomic E-state index is -4.32. The number of rotatable bonds is 8. The lowest BCUT2D eigenvalue weighted by Crippen LogP contribution is -2.39. The molecule has 2 aromatic heterocycles. The number of benzene rings is 1. The van der Waals surface area contributed by atoms with E-state index in [0.29, 0.717) is 44.4 Å². The van der Waals surface area contributed by atoms with Crippen molar-refractivity contribution in [3.8, 4) is 0 Å². The van der Waals surface area contributed by atoms with E-state index >= 15 is 0 Å². The molecule has 0 aliphatic rings. The van der Waals surface area contributed by atoms with Crippen molar-refractivity contribution in [2.75, 3.05) is 31.5 Å². The van der Waals surface area contributed by atoms with Gasteiger partial charge < -0.3 is 16.0 Å². The largest absolute Gasteiger partial charge is 0.416 e. The summed E-state index contributed by atoms with van der Waals surface area (Å²) in [7, 11) is 1.82. The number of aliphatic imine (C=N–C) groups is 1. The molecule has 174 valence electrons. The zero-order valence-electron chi connectivity index (χ0n) is 17.8. The standard InChI is InChI=1S/C20H25F3N8.HI/c1-3-24-19(26-9-8-14-4-6-15(7-5-14)20(21,22)23)27-11-10-25-17-16-12-30-31(2)18(16)29-13-28-17;/h4-7,12-13H,3,8-11H2,1-2H3,(H2,24,26,27)(H,25,28,29);1H. The average molecular weight is 562 g/mol. The number of alkyl halides is 3. The normalized spacial score (nSPS) is 11.8. The third-order valence-corrected chi connectivity index (χ3v) is 4.54. The maximum atomic E-state index is 12.6. The molecule has 0 atom stereocenters. The van der Waals surface area contributed by atoms with Gasteiger partial charge in [0, 0.05) is 33.2 Å². The zero-order chi connectivity index (χ0) is 22.3. The second kappa shape index (κ2) is 11.8. The van der Waals surface area contributed by atoms with E-state index in [4.69, 9.17) is 0 Å². The molecule has 0 spiro atoms. The molecule has 0 radical (unpaired) electrons. The molecule has 0 aliphatic carbocycles. The summed E-state index contributed by atoms with van der Waals surface area (Å²) in [6, 6.07) is 5.17. The van der Waals surface area contributed by atoms with Crippen LogP contribution in [0.25, 0.3) is 11.0 Å². The molecule has 3 rings (SSSR count). The first-order valence-corrected chi connectivity index (χ1v) is 9.93. The van der Waals surface area contributed by atoms with Gasteiger partial charge in [-0.2, -0.15) is 18.3 Å². The molecule has 0 bridgehead atoms. The van der Waals surface area contributed by atoms with E-state index in [1.165, 1.54) is 18.5 Å². The SMILES string of the molecule is CCNC(=NCCc1ccc(C(F)(F)F)cc1)NCCNc1ncnc2c1cnn2C.I. The highest BCUT2D eigenvalue weighted by atomic mass is 127. The predicted octanol–water partition coefficient (Wildman–Crippen LogP) is 3.21. The molecular weight excluding hydrogens is 536 g/mol. The lowest BCUT2D eigenvalue weighted by molar-refractivity contribution is -0.137. The third-order valence-electron chi connectivity index (χ3n) is 4.54. The summed E-state index contributed by atoms with van der Waals surface area (Å²) in [6.45, 7) is 4.31. The van der Waals surface area contributed by atoms with Gasteiger partial charge in [-0.3, -0.25) is 9.67 Å². The van der Waals surface area contributed by atoms with Gasteiger partial charge in [-0.15, -0.1) is 24.0 Å². The van der Waals surface area contributed by atoms with Crippen LogP contribution >= 0.6 is 24.0 Å². The Morgan fingerprint density at radius 1 is 1.09 bits per heavy atom. The van der Waals surface area contributed by atoms with Crippen LogP contribution in [0, 0.1) is 0 Å². The van der Waals surface area contributed by atoms with Crippen molar-refractivity contribution in [2.45, 2.75) is 19.5 Å². The first kappa shape index (κ1) is 25.6. The lowest BCUT2D eigenvalue weighted by Gasteiger charge is -2.12. The Bertz CT molecular complexity index is 1020. The van der Waals surface area contributed by atoms with E-state index in [9.17, 15) is 13.2 Å². The summed E-state index contributed by atoms with van der Waals surface area (Å²) in [5.74, 6) is 1.36. The van der Waals surface area contributed by atoms with Crippen LogP contribution in [-0.4, -0.2) is 51.9 Å². The summed E-state index contributed by atoms with van der Waals surface area (Å²) in [5, 5.41) is 14.7. The molecule has 2 heterocycles. The predicted molar refractivity (Wildman–Crippen MR) is 129 cm³/mol. The van der Waals surface area contributed by atoms with Crippen molar-refractivity contribution < 1.29 is 13.2 Å². The highest BCUT2D eigenvalue weighted by molar-refractivity contribution is 14.0. The maximum absolute atomic E-state index is 12.6. The number of hydrogen-bond acceptors (Lipinski definition) is 5. The van der Waals surface area contributed by atoms with Crippen molar-refractivity contribution in [2.24, 2.45) is 12.0 Å². The number of anilines is 1. The zero-order valence-corrected chi connectivity index (χ0v) is 20.1. The van der Waals surface area contributed by atoms with E-state index in [-0.39, 0.29) is 24.0 Å². The molecular formula is C20H26F3IN8. The van der Waals surface area contributed by atoms with Gasteiger partial charge in [0.25, 0.3) is 0 Å². The van der Waals surface area contributed by atoms with Gasteiger partial charge in [-0.25, -0.2) is 9.97 Å². The fraction of sp³-hybridized carbons (Fsp3) is 0.400. The number of nitrogens with one attached hydrogen (secondary N) is 3. The van der Waals surface area contributed by atoms with Gasteiger partial charge in [-0.05, 0) is 31.0 Å². The van der Waals surface area contributed by atoms with E-state index in [0.717, 1.165) is 28.7 Å². The van der Waals surface area contributed by atoms with Crippen molar-refractivity contribution in [1.82, 2.24) is 30.4 Å². The van der Waals surface area contributed by atoms with Crippen molar-refractivity contribution in [3.05, 3.63) is 47.9 Å². The van der Waals surface area contributed by atoms with Crippen LogP contribution in [0.1, 0.15) is 18.1 Å². The summed E-state index contributed by atoms with van der Waals surface area (Å²) in [5.41, 5.74) is 0.914. The monoisotopic (exact) mass is 562 g/mol. The van der Waals surface area contributed by atoms with Crippen LogP contribution in [0.2, 0.25) is 0 Å². The Hall–Kier alpha value is -2.64. The van der Waals surface area contributed by atoms with Crippen LogP contribution in [0.4, 0.5) is 19.0 Å². The number of hydrogen-bond donors (Lipinski definition) is 3. The van der Waals surface area contributed by atoms with Crippen molar-refractivity contribution in [1.29, 1.82) is 0 Å². The van der Waals surface area contributed by atoms with E-state index in [2.05, 4.69) is 36.0 Å². The Morgan fingerprint density at radius 2 is 1.84 bits per heavy atom. The first-order valence-electron chi connectivity index (χ1n) is 9.93. The molecule has 0 aliphatic heterocycles. The maximum Gasteiger partial charge on any atom is 0.416 e.